The van der Waals surface area contributed by atoms with E-state index >= 15 is 0 Å². The number of likely N-dealkylation sites (tertiary alicyclic amines) is 1. The molecule has 34 heavy (non-hydrogen) atoms. The van der Waals surface area contributed by atoms with Crippen molar-refractivity contribution in [1.29, 1.82) is 0 Å². The summed E-state index contributed by atoms with van der Waals surface area (Å²) in [6.07, 6.45) is 4.83. The molecule has 1 saturated carbocycles. The lowest BCUT2D eigenvalue weighted by Gasteiger charge is -2.48. The van der Waals surface area contributed by atoms with Crippen molar-refractivity contribution < 1.29 is 24.2 Å². The van der Waals surface area contributed by atoms with Gasteiger partial charge in [0.15, 0.2) is 0 Å². The van der Waals surface area contributed by atoms with Gasteiger partial charge in [-0.3, -0.25) is 14.5 Å². The number of carbonyl (C=O) groups excluding carboxylic acids is 2. The van der Waals surface area contributed by atoms with Gasteiger partial charge in [0.1, 0.15) is 5.75 Å². The zero-order chi connectivity index (χ0) is 24.1. The minimum absolute atomic E-state index is 0.0705. The van der Waals surface area contributed by atoms with Crippen molar-refractivity contribution in [3.05, 3.63) is 53.7 Å². The number of nitrogens with one attached hydrogen (secondary N) is 2. The van der Waals surface area contributed by atoms with Crippen molar-refractivity contribution in [1.82, 2.24) is 20.5 Å². The first-order chi connectivity index (χ1) is 16.4. The van der Waals surface area contributed by atoms with Crippen LogP contribution in [0, 0.1) is 0 Å². The minimum atomic E-state index is -0.852. The largest absolute Gasteiger partial charge is 0.497 e. The summed E-state index contributed by atoms with van der Waals surface area (Å²) in [6.45, 7) is 1.49. The predicted octanol–water partition coefficient (Wildman–Crippen LogP) is 1.46. The molecule has 1 aliphatic carbocycles. The average Bonchev–Trinajstić information content (AvgIpc) is 2.85. The van der Waals surface area contributed by atoms with Crippen molar-refractivity contribution in [2.75, 3.05) is 33.9 Å². The molecule has 1 saturated heterocycles. The third-order valence-corrected chi connectivity index (χ3v) is 6.80. The highest BCUT2D eigenvalue weighted by molar-refractivity contribution is 5.96. The topological polar surface area (TPSA) is 113 Å². The smallest absolute Gasteiger partial charge is 0.251 e. The second kappa shape index (κ2) is 10.4. The van der Waals surface area contributed by atoms with Crippen LogP contribution >= 0.6 is 0 Å². The maximum Gasteiger partial charge on any atom is 0.251 e. The molecular formula is C25H32N4O5. The van der Waals surface area contributed by atoms with E-state index in [4.69, 9.17) is 9.47 Å². The molecule has 4 rings (SSSR count). The van der Waals surface area contributed by atoms with Gasteiger partial charge >= 0.3 is 0 Å². The fourth-order valence-electron chi connectivity index (χ4n) is 4.72. The van der Waals surface area contributed by atoms with E-state index in [1.807, 2.05) is 6.07 Å². The molecular weight excluding hydrogens is 436 g/mol. The van der Waals surface area contributed by atoms with Crippen LogP contribution < -0.4 is 20.1 Å². The van der Waals surface area contributed by atoms with Crippen molar-refractivity contribution >= 4 is 11.8 Å². The van der Waals surface area contributed by atoms with Crippen LogP contribution in [-0.4, -0.2) is 72.7 Å². The van der Waals surface area contributed by atoms with Crippen LogP contribution in [0.15, 0.2) is 42.6 Å². The van der Waals surface area contributed by atoms with Gasteiger partial charge in [-0.1, -0.05) is 6.07 Å². The zero-order valence-electron chi connectivity index (χ0n) is 19.6. The molecule has 0 spiro atoms. The number of amides is 2. The lowest BCUT2D eigenvalue weighted by molar-refractivity contribution is -0.122. The Balaban J connectivity index is 1.17. The fourth-order valence-corrected chi connectivity index (χ4v) is 4.72. The van der Waals surface area contributed by atoms with E-state index in [2.05, 4.69) is 20.5 Å². The normalized spacial score (nSPS) is 23.0. The lowest BCUT2D eigenvalue weighted by atomic mass is 9.77. The van der Waals surface area contributed by atoms with Crippen LogP contribution in [-0.2, 0) is 10.4 Å². The van der Waals surface area contributed by atoms with Gasteiger partial charge in [-0.25, -0.2) is 4.98 Å². The summed E-state index contributed by atoms with van der Waals surface area (Å²) in [6, 6.07) is 10.9. The van der Waals surface area contributed by atoms with Gasteiger partial charge in [0.2, 0.25) is 11.8 Å². The first-order valence-electron chi connectivity index (χ1n) is 11.6. The summed E-state index contributed by atoms with van der Waals surface area (Å²) in [5, 5.41) is 16.7. The van der Waals surface area contributed by atoms with Crippen LogP contribution in [0.5, 0.6) is 11.6 Å². The van der Waals surface area contributed by atoms with Gasteiger partial charge in [-0.05, 0) is 49.9 Å². The van der Waals surface area contributed by atoms with Crippen LogP contribution in [0.25, 0.3) is 0 Å². The summed E-state index contributed by atoms with van der Waals surface area (Å²) in [5.74, 6) is 0.611. The highest BCUT2D eigenvalue weighted by Gasteiger charge is 2.40. The number of methoxy groups -OCH3 is 2. The lowest BCUT2D eigenvalue weighted by Crippen LogP contribution is -2.63. The minimum Gasteiger partial charge on any atom is -0.497 e. The van der Waals surface area contributed by atoms with Gasteiger partial charge in [0.05, 0.1) is 32.4 Å². The molecule has 0 bridgehead atoms. The van der Waals surface area contributed by atoms with Gasteiger partial charge < -0.3 is 25.2 Å². The zero-order valence-corrected chi connectivity index (χ0v) is 19.6. The van der Waals surface area contributed by atoms with Crippen LogP contribution in [0.3, 0.4) is 0 Å². The Morgan fingerprint density at radius 1 is 1.15 bits per heavy atom. The SMILES string of the molecule is COc1cccc(C(=O)NCC(=O)NC2CN(C3CCC(O)(c4ccc(OC)nc4)CC3)C2)c1. The first-order valence-corrected chi connectivity index (χ1v) is 11.6. The first kappa shape index (κ1) is 24.0. The fraction of sp³-hybridized carbons (Fsp3) is 0.480. The Bertz CT molecular complexity index is 999. The third kappa shape index (κ3) is 5.48. The number of carbonyl (C=O) groups is 2. The van der Waals surface area contributed by atoms with Crippen LogP contribution in [0.4, 0.5) is 0 Å². The molecule has 0 atom stereocenters. The molecule has 3 N–H and O–H groups in total. The summed E-state index contributed by atoms with van der Waals surface area (Å²) >= 11 is 0. The Morgan fingerprint density at radius 3 is 2.56 bits per heavy atom. The van der Waals surface area contributed by atoms with Crippen LogP contribution in [0.2, 0.25) is 0 Å². The van der Waals surface area contributed by atoms with Crippen molar-refractivity contribution in [2.45, 2.75) is 43.4 Å². The molecule has 1 aromatic carbocycles. The standard InChI is InChI=1S/C25H32N4O5/c1-33-21-5-3-4-17(12-21)24(31)27-14-22(30)28-19-15-29(16-19)20-8-10-25(32,11-9-20)18-6-7-23(34-2)26-13-18/h3-7,12-13,19-20,32H,8-11,14-16H2,1-2H3,(H,27,31)(H,28,30). The molecule has 0 radical (unpaired) electrons. The maximum absolute atomic E-state index is 12.3. The van der Waals surface area contributed by atoms with Crippen molar-refractivity contribution in [2.24, 2.45) is 0 Å². The molecule has 2 aromatic rings. The third-order valence-electron chi connectivity index (χ3n) is 6.80. The van der Waals surface area contributed by atoms with E-state index in [0.717, 1.165) is 31.5 Å². The highest BCUT2D eigenvalue weighted by atomic mass is 16.5. The number of benzene rings is 1. The molecule has 2 aliphatic rings. The Kier molecular flexibility index (Phi) is 7.33. The van der Waals surface area contributed by atoms with Gasteiger partial charge in [0, 0.05) is 42.5 Å². The Morgan fingerprint density at radius 2 is 1.91 bits per heavy atom. The number of rotatable bonds is 8. The van der Waals surface area contributed by atoms with E-state index in [9.17, 15) is 14.7 Å². The molecule has 182 valence electrons. The molecule has 2 fully saturated rings. The number of nitrogens with zero attached hydrogens (tertiary/aromatic N) is 2. The second-order valence-electron chi connectivity index (χ2n) is 8.98. The van der Waals surface area contributed by atoms with E-state index in [0.29, 0.717) is 36.1 Å². The highest BCUT2D eigenvalue weighted by Crippen LogP contribution is 2.39. The number of aromatic nitrogens is 1. The second-order valence-corrected chi connectivity index (χ2v) is 8.98. The Hall–Kier alpha value is -3.17. The van der Waals surface area contributed by atoms with Gasteiger partial charge in [0.25, 0.3) is 5.91 Å². The van der Waals surface area contributed by atoms with E-state index in [1.165, 1.54) is 7.11 Å². The number of pyridine rings is 1. The molecule has 1 aliphatic heterocycles. The number of hydrogen-bond donors (Lipinski definition) is 3. The van der Waals surface area contributed by atoms with Crippen molar-refractivity contribution in [3.63, 3.8) is 0 Å². The summed E-state index contributed by atoms with van der Waals surface area (Å²) < 4.78 is 10.2. The van der Waals surface area contributed by atoms with E-state index in [-0.39, 0.29) is 24.4 Å². The number of ether oxygens (including phenoxy) is 2. The van der Waals surface area contributed by atoms with Gasteiger partial charge in [-0.15, -0.1) is 0 Å². The average molecular weight is 469 g/mol. The molecule has 2 amide bonds. The maximum atomic E-state index is 12.3. The molecule has 0 unspecified atom stereocenters. The number of aliphatic hydroxyl groups is 1. The summed E-state index contributed by atoms with van der Waals surface area (Å²) in [5.41, 5.74) is 0.427. The quantitative estimate of drug-likeness (QED) is 0.538. The van der Waals surface area contributed by atoms with Crippen LogP contribution in [0.1, 0.15) is 41.6 Å². The van der Waals surface area contributed by atoms with Gasteiger partial charge in [-0.2, -0.15) is 0 Å². The molecule has 9 heteroatoms. The van der Waals surface area contributed by atoms with E-state index in [1.54, 1.807) is 43.6 Å². The van der Waals surface area contributed by atoms with Crippen molar-refractivity contribution in [3.8, 4) is 11.6 Å². The Labute approximate surface area is 199 Å². The molecule has 1 aromatic heterocycles. The predicted molar refractivity (Wildman–Crippen MR) is 126 cm³/mol. The number of hydrogen-bond acceptors (Lipinski definition) is 7. The monoisotopic (exact) mass is 468 g/mol. The van der Waals surface area contributed by atoms with E-state index < -0.39 is 5.60 Å². The summed E-state index contributed by atoms with van der Waals surface area (Å²) in [4.78, 5) is 31.1. The molecule has 2 heterocycles. The summed E-state index contributed by atoms with van der Waals surface area (Å²) in [7, 11) is 3.11. The molecule has 9 nitrogen and oxygen atoms in total.